The van der Waals surface area contributed by atoms with E-state index in [1.165, 1.54) is 5.56 Å². The summed E-state index contributed by atoms with van der Waals surface area (Å²) in [4.78, 5) is 0. The highest BCUT2D eigenvalue weighted by Crippen LogP contribution is 2.57. The summed E-state index contributed by atoms with van der Waals surface area (Å²) in [5.41, 5.74) is 1.78. The van der Waals surface area contributed by atoms with E-state index in [-0.39, 0.29) is 11.2 Å². The second-order valence-electron chi connectivity index (χ2n) is 9.93. The van der Waals surface area contributed by atoms with Crippen LogP contribution in [-0.2, 0) is 16.9 Å². The fourth-order valence-corrected chi connectivity index (χ4v) is 6.13. The number of hydrogen-bond donors (Lipinski definition) is 2. The molecule has 3 aromatic carbocycles. The minimum absolute atomic E-state index is 0.198. The fourth-order valence-electron chi connectivity index (χ4n) is 6.13. The van der Waals surface area contributed by atoms with Gasteiger partial charge in [0, 0.05) is 24.7 Å². The minimum atomic E-state index is -1.07. The van der Waals surface area contributed by atoms with Crippen molar-refractivity contribution in [2.75, 3.05) is 32.8 Å². The molecule has 0 aromatic heterocycles. The lowest BCUT2D eigenvalue weighted by molar-refractivity contribution is -0.946. The largest absolute Gasteiger partial charge is 0.508 e. The zero-order valence-electron chi connectivity index (χ0n) is 19.2. The molecule has 0 saturated carbocycles. The highest BCUT2D eigenvalue weighted by Gasteiger charge is 2.60. The summed E-state index contributed by atoms with van der Waals surface area (Å²) in [5.74, 6) is 0.227. The highest BCUT2D eigenvalue weighted by atomic mass is 16.5. The third-order valence-corrected chi connectivity index (χ3v) is 8.26. The van der Waals surface area contributed by atoms with Gasteiger partial charge in [0.2, 0.25) is 0 Å². The van der Waals surface area contributed by atoms with E-state index >= 15 is 0 Å². The van der Waals surface area contributed by atoms with Gasteiger partial charge in [-0.1, -0.05) is 72.8 Å². The van der Waals surface area contributed by atoms with Crippen LogP contribution in [0.4, 0.5) is 0 Å². The Morgan fingerprint density at radius 3 is 1.91 bits per heavy atom. The minimum Gasteiger partial charge on any atom is -0.508 e. The topological polar surface area (TPSA) is 49.7 Å². The molecular formula is C29H34NO3+. The second-order valence-corrected chi connectivity index (χ2v) is 9.93. The first-order valence-corrected chi connectivity index (χ1v) is 12.1. The van der Waals surface area contributed by atoms with Gasteiger partial charge >= 0.3 is 0 Å². The molecule has 3 aliphatic rings. The van der Waals surface area contributed by atoms with Crippen molar-refractivity contribution >= 4 is 0 Å². The van der Waals surface area contributed by atoms with E-state index in [1.54, 1.807) is 12.1 Å². The number of ether oxygens (including phenoxy) is 1. The lowest BCUT2D eigenvalue weighted by Gasteiger charge is -2.60. The van der Waals surface area contributed by atoms with Crippen molar-refractivity contribution < 1.29 is 19.4 Å². The Labute approximate surface area is 196 Å². The van der Waals surface area contributed by atoms with E-state index in [1.807, 2.05) is 48.5 Å². The molecular weight excluding hydrogens is 410 g/mol. The van der Waals surface area contributed by atoms with Crippen molar-refractivity contribution in [3.63, 3.8) is 0 Å². The van der Waals surface area contributed by atoms with Crippen LogP contribution in [0.3, 0.4) is 0 Å². The Balaban J connectivity index is 1.32. The summed E-state index contributed by atoms with van der Waals surface area (Å²) >= 11 is 0. The van der Waals surface area contributed by atoms with E-state index < -0.39 is 5.60 Å². The zero-order chi connectivity index (χ0) is 22.8. The molecule has 1 unspecified atom stereocenters. The van der Waals surface area contributed by atoms with Gasteiger partial charge in [-0.2, -0.15) is 0 Å². The predicted molar refractivity (Wildman–Crippen MR) is 130 cm³/mol. The summed E-state index contributed by atoms with van der Waals surface area (Å²) in [7, 11) is 0. The number of quaternary nitrogens is 1. The number of fused-ring (bicyclic) bond motifs is 3. The number of piperidine rings is 3. The Kier molecular flexibility index (Phi) is 6.00. The number of nitrogens with zero attached hydrogens (tertiary/aromatic N) is 1. The summed E-state index contributed by atoms with van der Waals surface area (Å²) < 4.78 is 7.11. The molecule has 2 bridgehead atoms. The lowest BCUT2D eigenvalue weighted by atomic mass is 9.56. The first kappa shape index (κ1) is 22.1. The van der Waals surface area contributed by atoms with Crippen molar-refractivity contribution in [2.45, 2.75) is 31.5 Å². The maximum Gasteiger partial charge on any atom is 0.121 e. The lowest BCUT2D eigenvalue weighted by Crippen LogP contribution is -2.67. The van der Waals surface area contributed by atoms with E-state index in [0.29, 0.717) is 6.61 Å². The molecule has 0 aliphatic carbocycles. The first-order valence-electron chi connectivity index (χ1n) is 12.1. The third kappa shape index (κ3) is 4.08. The van der Waals surface area contributed by atoms with Crippen LogP contribution in [0, 0.1) is 5.41 Å². The Bertz CT molecular complexity index is 1030. The SMILES string of the molecule is Oc1ccc(C(O)(c2ccccc2)C23CC[N+](CCOCc4ccccc4)(CC2)CC3)cc1. The van der Waals surface area contributed by atoms with Crippen LogP contribution in [0.2, 0.25) is 0 Å². The third-order valence-electron chi connectivity index (χ3n) is 8.26. The van der Waals surface area contributed by atoms with Gasteiger partial charge in [0.15, 0.2) is 0 Å². The number of aromatic hydroxyl groups is 1. The molecule has 3 saturated heterocycles. The van der Waals surface area contributed by atoms with Gasteiger partial charge in [0.1, 0.15) is 17.9 Å². The van der Waals surface area contributed by atoms with Crippen LogP contribution in [0.25, 0.3) is 0 Å². The van der Waals surface area contributed by atoms with Gasteiger partial charge < -0.3 is 19.4 Å². The molecule has 4 nitrogen and oxygen atoms in total. The van der Waals surface area contributed by atoms with E-state index in [2.05, 4.69) is 24.3 Å². The quantitative estimate of drug-likeness (QED) is 0.386. The molecule has 3 heterocycles. The average molecular weight is 445 g/mol. The summed E-state index contributed by atoms with van der Waals surface area (Å²) in [6.07, 6.45) is 2.95. The maximum atomic E-state index is 12.5. The maximum absolute atomic E-state index is 12.5. The van der Waals surface area contributed by atoms with Crippen LogP contribution >= 0.6 is 0 Å². The standard InChI is InChI=1S/C29H33NO3/c31-27-13-11-26(12-14-27)29(32,25-9-5-2-6-10-25)28-15-18-30(19-16-28,20-17-28)21-22-33-23-24-7-3-1-4-8-24/h1-14,32H,15-23H2/p+1. The highest BCUT2D eigenvalue weighted by molar-refractivity contribution is 5.41. The van der Waals surface area contributed by atoms with Gasteiger partial charge in [-0.3, -0.25) is 0 Å². The normalized spacial score (nSPS) is 26.1. The number of hydrogen-bond acceptors (Lipinski definition) is 3. The van der Waals surface area contributed by atoms with Crippen molar-refractivity contribution in [3.8, 4) is 5.75 Å². The van der Waals surface area contributed by atoms with Gasteiger partial charge in [-0.25, -0.2) is 0 Å². The van der Waals surface area contributed by atoms with Crippen LogP contribution in [-0.4, -0.2) is 47.5 Å². The number of phenolic OH excluding ortho intramolecular Hbond substituents is 1. The molecule has 1 atom stereocenters. The van der Waals surface area contributed by atoms with Crippen LogP contribution in [0.1, 0.15) is 36.0 Å². The Hall–Kier alpha value is -2.66. The zero-order valence-corrected chi connectivity index (χ0v) is 19.2. The van der Waals surface area contributed by atoms with Crippen molar-refractivity contribution in [1.29, 1.82) is 0 Å². The van der Waals surface area contributed by atoms with Gasteiger partial charge in [-0.15, -0.1) is 0 Å². The van der Waals surface area contributed by atoms with E-state index in [9.17, 15) is 10.2 Å². The van der Waals surface area contributed by atoms with Crippen LogP contribution in [0.15, 0.2) is 84.9 Å². The molecule has 4 heteroatoms. The van der Waals surface area contributed by atoms with Gasteiger partial charge in [0.25, 0.3) is 0 Å². The molecule has 3 aromatic rings. The second kappa shape index (κ2) is 8.94. The van der Waals surface area contributed by atoms with Crippen LogP contribution < -0.4 is 0 Å². The van der Waals surface area contributed by atoms with Crippen LogP contribution in [0.5, 0.6) is 5.75 Å². The number of rotatable bonds is 8. The molecule has 0 spiro atoms. The molecule has 0 amide bonds. The molecule has 0 radical (unpaired) electrons. The van der Waals surface area contributed by atoms with Gasteiger partial charge in [0.05, 0.1) is 32.8 Å². The Morgan fingerprint density at radius 1 is 0.758 bits per heavy atom. The molecule has 3 fully saturated rings. The molecule has 33 heavy (non-hydrogen) atoms. The monoisotopic (exact) mass is 444 g/mol. The van der Waals surface area contributed by atoms with E-state index in [0.717, 1.165) is 67.7 Å². The average Bonchev–Trinajstić information content (AvgIpc) is 2.89. The van der Waals surface area contributed by atoms with Gasteiger partial charge in [-0.05, 0) is 28.8 Å². The number of phenols is 1. The smallest absolute Gasteiger partial charge is 0.121 e. The summed E-state index contributed by atoms with van der Waals surface area (Å²) in [6.45, 7) is 5.68. The molecule has 172 valence electrons. The molecule has 2 N–H and O–H groups in total. The van der Waals surface area contributed by atoms with Crippen molar-refractivity contribution in [2.24, 2.45) is 5.41 Å². The summed E-state index contributed by atoms with van der Waals surface area (Å²) in [6, 6.07) is 27.6. The number of aliphatic hydroxyl groups is 1. The van der Waals surface area contributed by atoms with Crippen molar-refractivity contribution in [1.82, 2.24) is 0 Å². The first-order chi connectivity index (χ1) is 16.1. The number of benzene rings is 3. The predicted octanol–water partition coefficient (Wildman–Crippen LogP) is 4.85. The fraction of sp³-hybridized carbons (Fsp3) is 0.379. The summed E-state index contributed by atoms with van der Waals surface area (Å²) in [5, 5.41) is 22.3. The van der Waals surface area contributed by atoms with Crippen molar-refractivity contribution in [3.05, 3.63) is 102 Å². The van der Waals surface area contributed by atoms with E-state index in [4.69, 9.17) is 4.74 Å². The Morgan fingerprint density at radius 2 is 1.30 bits per heavy atom. The molecule has 3 aliphatic heterocycles. The molecule has 6 rings (SSSR count).